The molecule has 4 rings (SSSR count). The van der Waals surface area contributed by atoms with Gasteiger partial charge in [0.05, 0.1) is 5.54 Å². The number of carbonyl (C=O) groups excluding carboxylic acids is 2. The van der Waals surface area contributed by atoms with Gasteiger partial charge in [0.15, 0.2) is 0 Å². The Bertz CT molecular complexity index is 1000. The molecule has 1 N–H and O–H groups in total. The van der Waals surface area contributed by atoms with Crippen molar-refractivity contribution < 1.29 is 19.1 Å². The summed E-state index contributed by atoms with van der Waals surface area (Å²) in [6.07, 6.45) is 1.01. The van der Waals surface area contributed by atoms with Crippen LogP contribution in [-0.2, 0) is 4.79 Å². The van der Waals surface area contributed by atoms with Crippen LogP contribution in [0.2, 0.25) is 5.02 Å². The van der Waals surface area contributed by atoms with Crippen molar-refractivity contribution in [1.29, 1.82) is 0 Å². The highest BCUT2D eigenvalue weighted by Crippen LogP contribution is 2.38. The van der Waals surface area contributed by atoms with E-state index < -0.39 is 17.0 Å². The average molecular weight is 431 g/mol. The average Bonchev–Trinajstić information content (AvgIpc) is 3.45. The fraction of sp³-hybridized carbons (Fsp3) is 0.391. The molecule has 1 aliphatic carbocycles. The van der Waals surface area contributed by atoms with Gasteiger partial charge in [-0.3, -0.25) is 9.59 Å². The van der Waals surface area contributed by atoms with Crippen LogP contribution < -0.4 is 0 Å². The number of carbonyl (C=O) groups is 2. The summed E-state index contributed by atoms with van der Waals surface area (Å²) in [5.74, 6) is -0.793. The molecule has 2 amide bonds. The number of halogens is 2. The maximum Gasteiger partial charge on any atom is 0.254 e. The van der Waals surface area contributed by atoms with Crippen molar-refractivity contribution in [2.45, 2.75) is 37.8 Å². The second kappa shape index (κ2) is 7.36. The SMILES string of the molecule is CC1(C)CN(C(=O)C2(O)CC2)CCN1C(=O)c1ccc(-c2ccc(Cl)cc2F)cc1. The van der Waals surface area contributed by atoms with Gasteiger partial charge in [0.25, 0.3) is 11.8 Å². The van der Waals surface area contributed by atoms with Crippen LogP contribution in [-0.4, -0.2) is 57.5 Å². The highest BCUT2D eigenvalue weighted by Gasteiger charge is 2.52. The third kappa shape index (κ3) is 3.82. The van der Waals surface area contributed by atoms with E-state index in [2.05, 4.69) is 0 Å². The number of hydrogen-bond donors (Lipinski definition) is 1. The van der Waals surface area contributed by atoms with Gasteiger partial charge in [-0.1, -0.05) is 23.7 Å². The lowest BCUT2D eigenvalue weighted by Gasteiger charge is -2.47. The first-order chi connectivity index (χ1) is 14.1. The number of piperazine rings is 1. The fourth-order valence-electron chi connectivity index (χ4n) is 4.00. The van der Waals surface area contributed by atoms with Crippen molar-refractivity contribution in [2.75, 3.05) is 19.6 Å². The predicted molar refractivity (Wildman–Crippen MR) is 113 cm³/mol. The summed E-state index contributed by atoms with van der Waals surface area (Å²) in [7, 11) is 0. The minimum Gasteiger partial charge on any atom is -0.380 e. The van der Waals surface area contributed by atoms with E-state index in [1.165, 1.54) is 6.07 Å². The van der Waals surface area contributed by atoms with Crippen LogP contribution in [0, 0.1) is 5.82 Å². The lowest BCUT2D eigenvalue weighted by Crippen LogP contribution is -2.63. The van der Waals surface area contributed by atoms with E-state index in [1.54, 1.807) is 46.2 Å². The molecule has 0 atom stereocenters. The monoisotopic (exact) mass is 430 g/mol. The molecule has 0 bridgehead atoms. The number of aliphatic hydroxyl groups is 1. The Balaban J connectivity index is 1.49. The highest BCUT2D eigenvalue weighted by molar-refractivity contribution is 6.30. The number of nitrogens with zero attached hydrogens (tertiary/aromatic N) is 2. The van der Waals surface area contributed by atoms with Gasteiger partial charge in [0.2, 0.25) is 0 Å². The van der Waals surface area contributed by atoms with Crippen LogP contribution in [0.3, 0.4) is 0 Å². The molecule has 0 unspecified atom stereocenters. The third-order valence-electron chi connectivity index (χ3n) is 5.93. The molecule has 2 fully saturated rings. The predicted octanol–water partition coefficient (Wildman–Crippen LogP) is 3.73. The Morgan fingerprint density at radius 3 is 2.30 bits per heavy atom. The minimum atomic E-state index is -1.20. The molecule has 1 heterocycles. The molecule has 0 radical (unpaired) electrons. The van der Waals surface area contributed by atoms with Crippen molar-refractivity contribution in [3.63, 3.8) is 0 Å². The number of benzene rings is 2. The first-order valence-electron chi connectivity index (χ1n) is 10.00. The smallest absolute Gasteiger partial charge is 0.254 e. The zero-order valence-electron chi connectivity index (χ0n) is 17.0. The van der Waals surface area contributed by atoms with Crippen LogP contribution in [0.15, 0.2) is 42.5 Å². The van der Waals surface area contributed by atoms with Gasteiger partial charge >= 0.3 is 0 Å². The van der Waals surface area contributed by atoms with Gasteiger partial charge in [-0.2, -0.15) is 0 Å². The van der Waals surface area contributed by atoms with Crippen molar-refractivity contribution in [1.82, 2.24) is 9.80 Å². The molecule has 1 saturated heterocycles. The molecule has 1 saturated carbocycles. The molecule has 2 aromatic carbocycles. The van der Waals surface area contributed by atoms with E-state index >= 15 is 0 Å². The van der Waals surface area contributed by atoms with E-state index in [0.717, 1.165) is 0 Å². The minimum absolute atomic E-state index is 0.139. The van der Waals surface area contributed by atoms with Crippen LogP contribution in [0.5, 0.6) is 0 Å². The van der Waals surface area contributed by atoms with Crippen molar-refractivity contribution in [2.24, 2.45) is 0 Å². The summed E-state index contributed by atoms with van der Waals surface area (Å²) in [5, 5.41) is 10.5. The normalized spacial score (nSPS) is 19.5. The van der Waals surface area contributed by atoms with Crippen LogP contribution in [0.1, 0.15) is 37.0 Å². The van der Waals surface area contributed by atoms with E-state index in [9.17, 15) is 19.1 Å². The maximum absolute atomic E-state index is 14.2. The van der Waals surface area contributed by atoms with E-state index in [1.807, 2.05) is 13.8 Å². The molecule has 158 valence electrons. The molecule has 2 aliphatic rings. The summed E-state index contributed by atoms with van der Waals surface area (Å²) in [4.78, 5) is 29.0. The third-order valence-corrected chi connectivity index (χ3v) is 6.17. The standard InChI is InChI=1S/C23H24ClFN2O3/c1-22(2)14-26(21(29)23(30)9-10-23)11-12-27(22)20(28)16-5-3-15(4-6-16)18-8-7-17(24)13-19(18)25/h3-8,13,30H,9-12,14H2,1-2H3. The summed E-state index contributed by atoms with van der Waals surface area (Å²) in [6, 6.07) is 11.3. The zero-order chi connectivity index (χ0) is 21.7. The van der Waals surface area contributed by atoms with Crippen molar-refractivity contribution in [3.8, 4) is 11.1 Å². The maximum atomic E-state index is 14.2. The highest BCUT2D eigenvalue weighted by atomic mass is 35.5. The van der Waals surface area contributed by atoms with Gasteiger partial charge in [0.1, 0.15) is 11.4 Å². The summed E-state index contributed by atoms with van der Waals surface area (Å²) >= 11 is 5.81. The lowest BCUT2D eigenvalue weighted by atomic mass is 9.96. The molecular weight excluding hydrogens is 407 g/mol. The number of hydrogen-bond acceptors (Lipinski definition) is 3. The van der Waals surface area contributed by atoms with Crippen LogP contribution in [0.25, 0.3) is 11.1 Å². The molecule has 7 heteroatoms. The van der Waals surface area contributed by atoms with E-state index in [-0.39, 0.29) is 11.8 Å². The van der Waals surface area contributed by atoms with E-state index in [0.29, 0.717) is 54.2 Å². The molecule has 2 aromatic rings. The molecule has 30 heavy (non-hydrogen) atoms. The largest absolute Gasteiger partial charge is 0.380 e. The van der Waals surface area contributed by atoms with Crippen LogP contribution >= 0.6 is 11.6 Å². The van der Waals surface area contributed by atoms with Crippen molar-refractivity contribution >= 4 is 23.4 Å². The van der Waals surface area contributed by atoms with E-state index in [4.69, 9.17) is 11.6 Å². The van der Waals surface area contributed by atoms with Gasteiger partial charge in [-0.15, -0.1) is 0 Å². The Labute approximate surface area is 180 Å². The first-order valence-corrected chi connectivity index (χ1v) is 10.4. The first kappa shape index (κ1) is 20.8. The molecule has 0 aromatic heterocycles. The van der Waals surface area contributed by atoms with Crippen LogP contribution in [0.4, 0.5) is 4.39 Å². The number of rotatable bonds is 3. The summed E-state index contributed by atoms with van der Waals surface area (Å²) in [6.45, 7) is 4.98. The number of amides is 2. The summed E-state index contributed by atoms with van der Waals surface area (Å²) < 4.78 is 14.2. The Hall–Kier alpha value is -2.44. The Kier molecular flexibility index (Phi) is 5.11. The fourth-order valence-corrected chi connectivity index (χ4v) is 4.16. The van der Waals surface area contributed by atoms with Gasteiger partial charge < -0.3 is 14.9 Å². The lowest BCUT2D eigenvalue weighted by molar-refractivity contribution is -0.146. The Morgan fingerprint density at radius 1 is 1.07 bits per heavy atom. The zero-order valence-corrected chi connectivity index (χ0v) is 17.7. The molecule has 0 spiro atoms. The van der Waals surface area contributed by atoms with Gasteiger partial charge in [-0.25, -0.2) is 4.39 Å². The quantitative estimate of drug-likeness (QED) is 0.807. The second-order valence-electron chi connectivity index (χ2n) is 8.73. The topological polar surface area (TPSA) is 60.9 Å². The molecular formula is C23H24ClFN2O3. The van der Waals surface area contributed by atoms with Gasteiger partial charge in [0, 0.05) is 35.8 Å². The van der Waals surface area contributed by atoms with Crippen molar-refractivity contribution in [3.05, 3.63) is 58.9 Å². The second-order valence-corrected chi connectivity index (χ2v) is 9.17. The van der Waals surface area contributed by atoms with Gasteiger partial charge in [-0.05, 0) is 62.6 Å². The molecule has 1 aliphatic heterocycles. The Morgan fingerprint density at radius 2 is 1.73 bits per heavy atom. The molecule has 5 nitrogen and oxygen atoms in total. The summed E-state index contributed by atoms with van der Waals surface area (Å²) in [5.41, 5.74) is -0.189.